The fourth-order valence-electron chi connectivity index (χ4n) is 2.49. The number of carbonyl (C=O) groups excluding carboxylic acids is 2. The smallest absolute Gasteiger partial charge is 0.313 e. The summed E-state index contributed by atoms with van der Waals surface area (Å²) < 4.78 is 10.9. The van der Waals surface area contributed by atoms with Gasteiger partial charge in [0.25, 0.3) is 0 Å². The van der Waals surface area contributed by atoms with Gasteiger partial charge in [-0.25, -0.2) is 0 Å². The maximum absolute atomic E-state index is 11.9. The Morgan fingerprint density at radius 3 is 2.50 bits per heavy atom. The lowest BCUT2D eigenvalue weighted by Crippen LogP contribution is -2.39. The normalized spacial score (nSPS) is 14.9. The van der Waals surface area contributed by atoms with E-state index in [4.69, 9.17) is 9.47 Å². The Kier molecular flexibility index (Phi) is 8.37. The van der Waals surface area contributed by atoms with E-state index < -0.39 is 11.8 Å². The van der Waals surface area contributed by atoms with Crippen LogP contribution in [0.15, 0.2) is 24.3 Å². The molecule has 2 N–H and O–H groups in total. The summed E-state index contributed by atoms with van der Waals surface area (Å²) in [6.07, 6.45) is 0.806. The van der Waals surface area contributed by atoms with Gasteiger partial charge in [-0.3, -0.25) is 14.5 Å². The number of carbonyl (C=O) groups is 2. The van der Waals surface area contributed by atoms with Crippen LogP contribution in [0.3, 0.4) is 0 Å². The summed E-state index contributed by atoms with van der Waals surface area (Å²) in [7, 11) is 0. The Balaban J connectivity index is 1.65. The molecule has 1 heterocycles. The van der Waals surface area contributed by atoms with Crippen molar-refractivity contribution in [2.45, 2.75) is 20.3 Å². The molecule has 1 aliphatic heterocycles. The van der Waals surface area contributed by atoms with Crippen LogP contribution in [0.2, 0.25) is 0 Å². The molecule has 26 heavy (non-hydrogen) atoms. The minimum atomic E-state index is -0.660. The lowest BCUT2D eigenvalue weighted by atomic mass is 10.2. The van der Waals surface area contributed by atoms with Crippen LogP contribution < -0.4 is 15.4 Å². The molecule has 2 amide bonds. The van der Waals surface area contributed by atoms with Gasteiger partial charge in [-0.15, -0.1) is 0 Å². The van der Waals surface area contributed by atoms with Gasteiger partial charge in [-0.1, -0.05) is 13.8 Å². The molecule has 0 unspecified atom stereocenters. The number of amides is 2. The van der Waals surface area contributed by atoms with Crippen LogP contribution in [-0.2, 0) is 14.3 Å². The molecule has 7 nitrogen and oxygen atoms in total. The average Bonchev–Trinajstić information content (AvgIpc) is 2.65. The van der Waals surface area contributed by atoms with Crippen molar-refractivity contribution in [1.82, 2.24) is 10.2 Å². The Morgan fingerprint density at radius 1 is 1.15 bits per heavy atom. The molecule has 1 aromatic carbocycles. The summed E-state index contributed by atoms with van der Waals surface area (Å²) in [6.45, 7) is 9.53. The summed E-state index contributed by atoms with van der Waals surface area (Å²) in [5.41, 5.74) is 0.565. The van der Waals surface area contributed by atoms with Crippen molar-refractivity contribution in [3.8, 4) is 5.75 Å². The molecule has 0 bridgehead atoms. The quantitative estimate of drug-likeness (QED) is 0.540. The summed E-state index contributed by atoms with van der Waals surface area (Å²) >= 11 is 0. The molecule has 2 rings (SSSR count). The number of morpholine rings is 1. The van der Waals surface area contributed by atoms with Crippen LogP contribution in [0.5, 0.6) is 5.75 Å². The zero-order valence-electron chi connectivity index (χ0n) is 15.6. The third-order valence-corrected chi connectivity index (χ3v) is 3.94. The Hall–Kier alpha value is -2.12. The second-order valence-corrected chi connectivity index (χ2v) is 6.75. The number of hydrogen-bond acceptors (Lipinski definition) is 5. The molecule has 7 heteroatoms. The minimum absolute atomic E-state index is 0.446. The lowest BCUT2D eigenvalue weighted by Gasteiger charge is -2.26. The number of nitrogens with zero attached hydrogens (tertiary/aromatic N) is 1. The first-order chi connectivity index (χ1) is 12.5. The molecule has 1 saturated heterocycles. The van der Waals surface area contributed by atoms with Crippen LogP contribution >= 0.6 is 0 Å². The van der Waals surface area contributed by atoms with E-state index in [2.05, 4.69) is 29.4 Å². The molecule has 0 aromatic heterocycles. The third kappa shape index (κ3) is 7.41. The van der Waals surface area contributed by atoms with Crippen molar-refractivity contribution < 1.29 is 19.1 Å². The fourth-order valence-corrected chi connectivity index (χ4v) is 2.49. The Labute approximate surface area is 155 Å². The van der Waals surface area contributed by atoms with Gasteiger partial charge in [0.2, 0.25) is 0 Å². The molecule has 0 aliphatic carbocycles. The van der Waals surface area contributed by atoms with Crippen LogP contribution in [0.4, 0.5) is 5.69 Å². The van der Waals surface area contributed by atoms with Crippen LogP contribution in [-0.4, -0.2) is 62.7 Å². The summed E-state index contributed by atoms with van der Waals surface area (Å²) in [4.78, 5) is 26.1. The zero-order chi connectivity index (χ0) is 18.8. The number of benzene rings is 1. The molecular formula is C19H29N3O4. The highest BCUT2D eigenvalue weighted by atomic mass is 16.5. The van der Waals surface area contributed by atoms with Crippen molar-refractivity contribution in [2.24, 2.45) is 5.92 Å². The lowest BCUT2D eigenvalue weighted by molar-refractivity contribution is -0.136. The predicted molar refractivity (Wildman–Crippen MR) is 100 cm³/mol. The molecule has 1 fully saturated rings. The van der Waals surface area contributed by atoms with Gasteiger partial charge in [0.05, 0.1) is 19.8 Å². The van der Waals surface area contributed by atoms with E-state index in [1.165, 1.54) is 0 Å². The molecule has 0 atom stereocenters. The fraction of sp³-hybridized carbons (Fsp3) is 0.579. The van der Waals surface area contributed by atoms with Gasteiger partial charge in [0.15, 0.2) is 0 Å². The van der Waals surface area contributed by atoms with E-state index >= 15 is 0 Å². The number of nitrogens with one attached hydrogen (secondary N) is 2. The van der Waals surface area contributed by atoms with E-state index in [-0.39, 0.29) is 0 Å². The van der Waals surface area contributed by atoms with Gasteiger partial charge in [-0.2, -0.15) is 0 Å². The topological polar surface area (TPSA) is 79.9 Å². The first-order valence-corrected chi connectivity index (χ1v) is 9.16. The number of ether oxygens (including phenoxy) is 2. The van der Waals surface area contributed by atoms with Crippen molar-refractivity contribution in [3.63, 3.8) is 0 Å². The molecule has 144 valence electrons. The number of hydrogen-bond donors (Lipinski definition) is 2. The summed E-state index contributed by atoms with van der Waals surface area (Å²) in [5.74, 6) is -0.0927. The number of anilines is 1. The van der Waals surface area contributed by atoms with Crippen molar-refractivity contribution >= 4 is 17.5 Å². The van der Waals surface area contributed by atoms with Crippen molar-refractivity contribution in [1.29, 1.82) is 0 Å². The first-order valence-electron chi connectivity index (χ1n) is 9.16. The molecule has 1 aromatic rings. The van der Waals surface area contributed by atoms with E-state index in [1.54, 1.807) is 24.3 Å². The van der Waals surface area contributed by atoms with Gasteiger partial charge in [-0.05, 0) is 43.1 Å². The van der Waals surface area contributed by atoms with Gasteiger partial charge < -0.3 is 20.1 Å². The highest BCUT2D eigenvalue weighted by Gasteiger charge is 2.14. The Morgan fingerprint density at radius 2 is 1.85 bits per heavy atom. The summed E-state index contributed by atoms with van der Waals surface area (Å²) in [6, 6.07) is 7.00. The SMILES string of the molecule is CC(C)COc1ccc(NC(=O)C(=O)NCCCN2CCOCC2)cc1. The second kappa shape index (κ2) is 10.8. The molecule has 0 spiro atoms. The predicted octanol–water partition coefficient (Wildman–Crippen LogP) is 1.50. The van der Waals surface area contributed by atoms with Gasteiger partial charge >= 0.3 is 11.8 Å². The van der Waals surface area contributed by atoms with E-state index in [9.17, 15) is 9.59 Å². The maximum Gasteiger partial charge on any atom is 0.313 e. The molecular weight excluding hydrogens is 334 g/mol. The van der Waals surface area contributed by atoms with E-state index in [1.807, 2.05) is 0 Å². The zero-order valence-corrected chi connectivity index (χ0v) is 15.6. The molecule has 0 saturated carbocycles. The second-order valence-electron chi connectivity index (χ2n) is 6.75. The standard InChI is InChI=1S/C19H29N3O4/c1-15(2)14-26-17-6-4-16(5-7-17)21-19(24)18(23)20-8-3-9-22-10-12-25-13-11-22/h4-7,15H,3,8-14H2,1-2H3,(H,20,23)(H,21,24). The molecule has 0 radical (unpaired) electrons. The monoisotopic (exact) mass is 363 g/mol. The summed E-state index contributed by atoms with van der Waals surface area (Å²) in [5, 5.41) is 5.24. The van der Waals surface area contributed by atoms with E-state index in [0.717, 1.165) is 45.0 Å². The largest absolute Gasteiger partial charge is 0.493 e. The Bertz CT molecular complexity index is 569. The maximum atomic E-state index is 11.9. The van der Waals surface area contributed by atoms with Gasteiger partial charge in [0, 0.05) is 25.3 Å². The highest BCUT2D eigenvalue weighted by Crippen LogP contribution is 2.16. The minimum Gasteiger partial charge on any atom is -0.493 e. The van der Waals surface area contributed by atoms with Gasteiger partial charge in [0.1, 0.15) is 5.75 Å². The van der Waals surface area contributed by atoms with Crippen molar-refractivity contribution in [2.75, 3.05) is 51.3 Å². The van der Waals surface area contributed by atoms with Crippen LogP contribution in [0, 0.1) is 5.92 Å². The number of rotatable bonds is 8. The van der Waals surface area contributed by atoms with E-state index in [0.29, 0.717) is 24.8 Å². The highest BCUT2D eigenvalue weighted by molar-refractivity contribution is 6.39. The van der Waals surface area contributed by atoms with Crippen LogP contribution in [0.1, 0.15) is 20.3 Å². The van der Waals surface area contributed by atoms with Crippen LogP contribution in [0.25, 0.3) is 0 Å². The molecule has 1 aliphatic rings. The average molecular weight is 363 g/mol. The third-order valence-electron chi connectivity index (χ3n) is 3.94. The van der Waals surface area contributed by atoms with Crippen molar-refractivity contribution in [3.05, 3.63) is 24.3 Å². The first kappa shape index (κ1) is 20.2.